The fourth-order valence-corrected chi connectivity index (χ4v) is 2.54. The molecule has 0 radical (unpaired) electrons. The lowest BCUT2D eigenvalue weighted by Gasteiger charge is -2.09. The zero-order valence-electron chi connectivity index (χ0n) is 11.8. The van der Waals surface area contributed by atoms with Gasteiger partial charge in [0.1, 0.15) is 0 Å². The van der Waals surface area contributed by atoms with E-state index in [4.69, 9.17) is 4.74 Å². The van der Waals surface area contributed by atoms with Crippen LogP contribution in [0.4, 0.5) is 0 Å². The van der Waals surface area contributed by atoms with Crippen LogP contribution in [0, 0.1) is 0 Å². The summed E-state index contributed by atoms with van der Waals surface area (Å²) < 4.78 is 6.87. The molecule has 0 amide bonds. The summed E-state index contributed by atoms with van der Waals surface area (Å²) in [6.45, 7) is 4.76. The van der Waals surface area contributed by atoms with Crippen molar-refractivity contribution in [3.05, 3.63) is 33.8 Å². The van der Waals surface area contributed by atoms with Crippen LogP contribution in [-0.4, -0.2) is 12.6 Å². The first-order valence-corrected chi connectivity index (χ1v) is 8.17. The highest BCUT2D eigenvalue weighted by molar-refractivity contribution is 9.10. The van der Waals surface area contributed by atoms with Crippen LogP contribution in [0.1, 0.15) is 50.2 Å². The van der Waals surface area contributed by atoms with Gasteiger partial charge in [0, 0.05) is 23.7 Å². The van der Waals surface area contributed by atoms with Gasteiger partial charge in [-0.1, -0.05) is 47.8 Å². The quantitative estimate of drug-likeness (QED) is 0.679. The van der Waals surface area contributed by atoms with Gasteiger partial charge in [-0.05, 0) is 36.5 Å². The molecule has 0 unspecified atom stereocenters. The van der Waals surface area contributed by atoms with Crippen molar-refractivity contribution in [1.82, 2.24) is 5.32 Å². The molecule has 19 heavy (non-hydrogen) atoms. The Bertz CT molecular complexity index is 390. The monoisotopic (exact) mass is 325 g/mol. The van der Waals surface area contributed by atoms with Gasteiger partial charge < -0.3 is 10.1 Å². The summed E-state index contributed by atoms with van der Waals surface area (Å²) >= 11 is 3.64. The molecular formula is C16H24BrNO. The van der Waals surface area contributed by atoms with Crippen LogP contribution in [-0.2, 0) is 17.9 Å². The number of hydrogen-bond donors (Lipinski definition) is 1. The molecule has 0 atom stereocenters. The Labute approximate surface area is 125 Å². The standard InChI is InChI=1S/C16H24BrNO/c1-2-3-4-9-19-12-14-6-5-13(10-16(14)17)11-18-15-7-8-15/h5-6,10,15,18H,2-4,7-9,11-12H2,1H3. The molecule has 0 spiro atoms. The number of halogens is 1. The second-order valence-electron chi connectivity index (χ2n) is 5.34. The Balaban J connectivity index is 1.73. The third-order valence-corrected chi connectivity index (χ3v) is 4.18. The maximum absolute atomic E-state index is 5.71. The Morgan fingerprint density at radius 3 is 2.84 bits per heavy atom. The van der Waals surface area contributed by atoms with Crippen molar-refractivity contribution >= 4 is 15.9 Å². The number of nitrogens with one attached hydrogen (secondary N) is 1. The predicted octanol–water partition coefficient (Wildman–Crippen LogP) is 4.41. The van der Waals surface area contributed by atoms with Crippen LogP contribution in [0.25, 0.3) is 0 Å². The topological polar surface area (TPSA) is 21.3 Å². The molecule has 2 nitrogen and oxygen atoms in total. The third-order valence-electron chi connectivity index (χ3n) is 3.44. The number of unbranched alkanes of at least 4 members (excludes halogenated alkanes) is 2. The molecule has 1 N–H and O–H groups in total. The minimum Gasteiger partial charge on any atom is -0.377 e. The van der Waals surface area contributed by atoms with E-state index in [1.165, 1.54) is 36.8 Å². The van der Waals surface area contributed by atoms with Crippen LogP contribution < -0.4 is 5.32 Å². The lowest BCUT2D eigenvalue weighted by molar-refractivity contribution is 0.116. The molecule has 1 aromatic rings. The largest absolute Gasteiger partial charge is 0.377 e. The highest BCUT2D eigenvalue weighted by Crippen LogP contribution is 2.22. The maximum Gasteiger partial charge on any atom is 0.0727 e. The van der Waals surface area contributed by atoms with Crippen LogP contribution in [0.5, 0.6) is 0 Å². The number of ether oxygens (including phenoxy) is 1. The summed E-state index contributed by atoms with van der Waals surface area (Å²) in [5.74, 6) is 0. The van der Waals surface area contributed by atoms with E-state index in [0.717, 1.165) is 30.1 Å². The molecule has 0 bridgehead atoms. The number of hydrogen-bond acceptors (Lipinski definition) is 2. The van der Waals surface area contributed by atoms with Crippen molar-refractivity contribution in [2.75, 3.05) is 6.61 Å². The van der Waals surface area contributed by atoms with Gasteiger partial charge in [-0.15, -0.1) is 0 Å². The molecule has 1 saturated carbocycles. The molecule has 1 aliphatic rings. The van der Waals surface area contributed by atoms with Gasteiger partial charge in [0.05, 0.1) is 6.61 Å². The van der Waals surface area contributed by atoms with Crippen LogP contribution >= 0.6 is 15.9 Å². The summed E-state index contributed by atoms with van der Waals surface area (Å²) in [7, 11) is 0. The molecule has 0 aliphatic heterocycles. The average Bonchev–Trinajstić information content (AvgIpc) is 3.22. The molecule has 0 aromatic heterocycles. The third kappa shape index (κ3) is 5.64. The predicted molar refractivity (Wildman–Crippen MR) is 83.2 cm³/mol. The van der Waals surface area contributed by atoms with Crippen molar-refractivity contribution < 1.29 is 4.74 Å². The Kier molecular flexibility index (Phi) is 6.35. The molecular weight excluding hydrogens is 302 g/mol. The minimum absolute atomic E-state index is 0.709. The molecule has 0 saturated heterocycles. The SMILES string of the molecule is CCCCCOCc1ccc(CNC2CC2)cc1Br. The van der Waals surface area contributed by atoms with Gasteiger partial charge in [-0.25, -0.2) is 0 Å². The molecule has 3 heteroatoms. The van der Waals surface area contributed by atoms with E-state index in [2.05, 4.69) is 46.4 Å². The first kappa shape index (κ1) is 15.0. The Morgan fingerprint density at radius 2 is 2.16 bits per heavy atom. The van der Waals surface area contributed by atoms with Gasteiger partial charge in [0.25, 0.3) is 0 Å². The van der Waals surface area contributed by atoms with Gasteiger partial charge in [0.2, 0.25) is 0 Å². The Morgan fingerprint density at radius 1 is 1.32 bits per heavy atom. The van der Waals surface area contributed by atoms with E-state index in [1.54, 1.807) is 0 Å². The second kappa shape index (κ2) is 8.03. The van der Waals surface area contributed by atoms with Crippen molar-refractivity contribution in [2.45, 2.75) is 58.2 Å². The van der Waals surface area contributed by atoms with Crippen molar-refractivity contribution in [1.29, 1.82) is 0 Å². The highest BCUT2D eigenvalue weighted by Gasteiger charge is 2.19. The minimum atomic E-state index is 0.709. The summed E-state index contributed by atoms with van der Waals surface area (Å²) in [5.41, 5.74) is 2.58. The lowest BCUT2D eigenvalue weighted by Crippen LogP contribution is -2.15. The van der Waals surface area contributed by atoms with Gasteiger partial charge in [-0.3, -0.25) is 0 Å². The van der Waals surface area contributed by atoms with E-state index in [-0.39, 0.29) is 0 Å². The number of benzene rings is 1. The van der Waals surface area contributed by atoms with Crippen LogP contribution in [0.2, 0.25) is 0 Å². The molecule has 1 aliphatic carbocycles. The van der Waals surface area contributed by atoms with Crippen LogP contribution in [0.3, 0.4) is 0 Å². The van der Waals surface area contributed by atoms with E-state index < -0.39 is 0 Å². The first-order chi connectivity index (χ1) is 9.29. The maximum atomic E-state index is 5.71. The zero-order chi connectivity index (χ0) is 13.5. The summed E-state index contributed by atoms with van der Waals surface area (Å²) in [6.07, 6.45) is 6.34. The fourth-order valence-electron chi connectivity index (χ4n) is 2.00. The number of rotatable bonds is 9. The van der Waals surface area contributed by atoms with Crippen LogP contribution in [0.15, 0.2) is 22.7 Å². The second-order valence-corrected chi connectivity index (χ2v) is 6.19. The average molecular weight is 326 g/mol. The Hall–Kier alpha value is -0.380. The van der Waals surface area contributed by atoms with E-state index in [0.29, 0.717) is 6.61 Å². The highest BCUT2D eigenvalue weighted by atomic mass is 79.9. The van der Waals surface area contributed by atoms with Gasteiger partial charge in [-0.2, -0.15) is 0 Å². The van der Waals surface area contributed by atoms with Crippen molar-refractivity contribution in [3.8, 4) is 0 Å². The summed E-state index contributed by atoms with van der Waals surface area (Å²) in [6, 6.07) is 7.35. The zero-order valence-corrected chi connectivity index (χ0v) is 13.3. The van der Waals surface area contributed by atoms with E-state index in [1.807, 2.05) is 0 Å². The van der Waals surface area contributed by atoms with E-state index in [9.17, 15) is 0 Å². The first-order valence-electron chi connectivity index (χ1n) is 7.38. The van der Waals surface area contributed by atoms with Crippen molar-refractivity contribution in [2.24, 2.45) is 0 Å². The lowest BCUT2D eigenvalue weighted by atomic mass is 10.1. The smallest absolute Gasteiger partial charge is 0.0727 e. The van der Waals surface area contributed by atoms with Gasteiger partial charge in [0.15, 0.2) is 0 Å². The molecule has 0 heterocycles. The van der Waals surface area contributed by atoms with Gasteiger partial charge >= 0.3 is 0 Å². The summed E-state index contributed by atoms with van der Waals surface area (Å²) in [5, 5.41) is 3.53. The molecule has 106 valence electrons. The fraction of sp³-hybridized carbons (Fsp3) is 0.625. The molecule has 2 rings (SSSR count). The normalized spacial score (nSPS) is 14.8. The summed E-state index contributed by atoms with van der Waals surface area (Å²) in [4.78, 5) is 0. The molecule has 1 fully saturated rings. The molecule has 1 aromatic carbocycles. The van der Waals surface area contributed by atoms with Crippen molar-refractivity contribution in [3.63, 3.8) is 0 Å². The van der Waals surface area contributed by atoms with E-state index >= 15 is 0 Å².